The summed E-state index contributed by atoms with van der Waals surface area (Å²) in [6.45, 7) is 3.08. The van der Waals surface area contributed by atoms with Crippen LogP contribution in [-0.4, -0.2) is 25.8 Å². The van der Waals surface area contributed by atoms with E-state index in [4.69, 9.17) is 11.6 Å². The minimum Gasteiger partial charge on any atom is -0.207 e. The summed E-state index contributed by atoms with van der Waals surface area (Å²) in [6.07, 6.45) is 1.90. The van der Waals surface area contributed by atoms with E-state index in [1.807, 2.05) is 13.0 Å². The van der Waals surface area contributed by atoms with Gasteiger partial charge in [-0.05, 0) is 37.0 Å². The van der Waals surface area contributed by atoms with Gasteiger partial charge in [0.15, 0.2) is 0 Å². The molecule has 94 valence electrons. The second-order valence-corrected chi connectivity index (χ2v) is 6.46. The Bertz CT molecular complexity index is 507. The summed E-state index contributed by atoms with van der Waals surface area (Å²) in [5, 5.41) is 0. The third kappa shape index (κ3) is 2.34. The van der Waals surface area contributed by atoms with Crippen molar-refractivity contribution in [3.63, 3.8) is 0 Å². The van der Waals surface area contributed by atoms with Gasteiger partial charge in [-0.3, -0.25) is 0 Å². The second kappa shape index (κ2) is 4.96. The predicted molar refractivity (Wildman–Crippen MR) is 68.7 cm³/mol. The van der Waals surface area contributed by atoms with Crippen LogP contribution in [0.5, 0.6) is 0 Å². The fraction of sp³-hybridized carbons (Fsp3) is 0.500. The minimum atomic E-state index is -3.33. The van der Waals surface area contributed by atoms with Crippen LogP contribution in [-0.2, 0) is 15.9 Å². The summed E-state index contributed by atoms with van der Waals surface area (Å²) in [6, 6.07) is 5.29. The van der Waals surface area contributed by atoms with E-state index in [9.17, 15) is 8.42 Å². The van der Waals surface area contributed by atoms with Gasteiger partial charge in [0.05, 0.1) is 4.90 Å². The van der Waals surface area contributed by atoms with E-state index in [-0.39, 0.29) is 0 Å². The molecule has 1 saturated heterocycles. The predicted octanol–water partition coefficient (Wildman–Crippen LogP) is 2.52. The Hall–Kier alpha value is -0.580. The Kier molecular flexibility index (Phi) is 3.76. The van der Waals surface area contributed by atoms with Gasteiger partial charge in [-0.15, -0.1) is 11.6 Å². The van der Waals surface area contributed by atoms with Crippen molar-refractivity contribution in [3.05, 3.63) is 29.3 Å². The first kappa shape index (κ1) is 12.9. The number of nitrogens with zero attached hydrogens (tertiary/aromatic N) is 1. The van der Waals surface area contributed by atoms with Crippen LogP contribution in [0, 0.1) is 6.92 Å². The molecule has 0 amide bonds. The maximum Gasteiger partial charge on any atom is 0.243 e. The van der Waals surface area contributed by atoms with Crippen LogP contribution >= 0.6 is 11.6 Å². The molecule has 1 aromatic carbocycles. The number of rotatable bonds is 3. The highest BCUT2D eigenvalue weighted by Crippen LogP contribution is 2.25. The largest absolute Gasteiger partial charge is 0.243 e. The van der Waals surface area contributed by atoms with Crippen molar-refractivity contribution in [3.8, 4) is 0 Å². The summed E-state index contributed by atoms with van der Waals surface area (Å²) in [4.78, 5) is 0.401. The molecule has 3 nitrogen and oxygen atoms in total. The SMILES string of the molecule is Cc1c(CCl)cccc1S(=O)(=O)N1CCCC1. The maximum atomic E-state index is 12.4. The summed E-state index contributed by atoms with van der Waals surface area (Å²) in [5.74, 6) is 0.342. The fourth-order valence-corrected chi connectivity index (χ4v) is 4.23. The fourth-order valence-electron chi connectivity index (χ4n) is 2.15. The molecule has 0 atom stereocenters. The van der Waals surface area contributed by atoms with Gasteiger partial charge >= 0.3 is 0 Å². The topological polar surface area (TPSA) is 37.4 Å². The molecule has 1 heterocycles. The van der Waals surface area contributed by atoms with Gasteiger partial charge in [-0.2, -0.15) is 4.31 Å². The first-order valence-electron chi connectivity index (χ1n) is 5.72. The van der Waals surface area contributed by atoms with Gasteiger partial charge in [-0.25, -0.2) is 8.42 Å². The van der Waals surface area contributed by atoms with Gasteiger partial charge in [0.2, 0.25) is 10.0 Å². The van der Waals surface area contributed by atoms with Crippen LogP contribution < -0.4 is 0 Å². The van der Waals surface area contributed by atoms with Gasteiger partial charge in [-0.1, -0.05) is 12.1 Å². The molecule has 17 heavy (non-hydrogen) atoms. The summed E-state index contributed by atoms with van der Waals surface area (Å²) >= 11 is 5.81. The standard InChI is InChI=1S/C12H16ClNO2S/c1-10-11(9-13)5-4-6-12(10)17(15,16)14-7-2-3-8-14/h4-6H,2-3,7-9H2,1H3. The first-order chi connectivity index (χ1) is 8.07. The van der Waals surface area contributed by atoms with E-state index in [0.29, 0.717) is 23.9 Å². The second-order valence-electron chi connectivity index (χ2n) is 4.29. The molecule has 0 aromatic heterocycles. The average molecular weight is 274 g/mol. The molecular weight excluding hydrogens is 258 g/mol. The van der Waals surface area contributed by atoms with Crippen molar-refractivity contribution < 1.29 is 8.42 Å². The van der Waals surface area contributed by atoms with Crippen molar-refractivity contribution in [2.75, 3.05) is 13.1 Å². The van der Waals surface area contributed by atoms with Crippen molar-refractivity contribution in [1.29, 1.82) is 0 Å². The summed E-state index contributed by atoms with van der Waals surface area (Å²) in [7, 11) is -3.33. The Morgan fingerprint density at radius 1 is 1.29 bits per heavy atom. The molecule has 1 fully saturated rings. The lowest BCUT2D eigenvalue weighted by atomic mass is 10.1. The number of hydrogen-bond acceptors (Lipinski definition) is 2. The van der Waals surface area contributed by atoms with Gasteiger partial charge in [0, 0.05) is 19.0 Å². The lowest BCUT2D eigenvalue weighted by molar-refractivity contribution is 0.477. The Morgan fingerprint density at radius 3 is 2.53 bits per heavy atom. The first-order valence-corrected chi connectivity index (χ1v) is 7.69. The van der Waals surface area contributed by atoms with Crippen molar-refractivity contribution in [2.45, 2.75) is 30.5 Å². The Morgan fingerprint density at radius 2 is 1.94 bits per heavy atom. The quantitative estimate of drug-likeness (QED) is 0.794. The molecule has 5 heteroatoms. The van der Waals surface area contributed by atoms with Crippen LogP contribution in [0.4, 0.5) is 0 Å². The molecule has 0 N–H and O–H groups in total. The third-order valence-corrected chi connectivity index (χ3v) is 5.55. The molecule has 0 bridgehead atoms. The number of halogens is 1. The highest BCUT2D eigenvalue weighted by Gasteiger charge is 2.28. The molecule has 0 radical (unpaired) electrons. The summed E-state index contributed by atoms with van der Waals surface area (Å²) in [5.41, 5.74) is 1.65. The van der Waals surface area contributed by atoms with Crippen LogP contribution in [0.1, 0.15) is 24.0 Å². The zero-order valence-corrected chi connectivity index (χ0v) is 11.4. The van der Waals surface area contributed by atoms with Crippen LogP contribution in [0.15, 0.2) is 23.1 Å². The number of alkyl halides is 1. The van der Waals surface area contributed by atoms with Crippen molar-refractivity contribution >= 4 is 21.6 Å². The smallest absolute Gasteiger partial charge is 0.207 e. The van der Waals surface area contributed by atoms with Gasteiger partial charge in [0.25, 0.3) is 0 Å². The minimum absolute atomic E-state index is 0.342. The van der Waals surface area contributed by atoms with Gasteiger partial charge < -0.3 is 0 Å². The van der Waals surface area contributed by atoms with Crippen LogP contribution in [0.3, 0.4) is 0 Å². The monoisotopic (exact) mass is 273 g/mol. The normalized spacial score (nSPS) is 17.5. The van der Waals surface area contributed by atoms with E-state index < -0.39 is 10.0 Å². The van der Waals surface area contributed by atoms with E-state index in [0.717, 1.165) is 24.0 Å². The van der Waals surface area contributed by atoms with E-state index in [2.05, 4.69) is 0 Å². The van der Waals surface area contributed by atoms with Crippen LogP contribution in [0.2, 0.25) is 0 Å². The van der Waals surface area contributed by atoms with Crippen molar-refractivity contribution in [2.24, 2.45) is 0 Å². The highest BCUT2D eigenvalue weighted by molar-refractivity contribution is 7.89. The third-order valence-electron chi connectivity index (χ3n) is 3.22. The van der Waals surface area contributed by atoms with Crippen LogP contribution in [0.25, 0.3) is 0 Å². The number of sulfonamides is 1. The average Bonchev–Trinajstić information content (AvgIpc) is 2.83. The molecule has 0 aliphatic carbocycles. The van der Waals surface area contributed by atoms with Gasteiger partial charge in [0.1, 0.15) is 0 Å². The molecule has 1 aliphatic heterocycles. The zero-order chi connectivity index (χ0) is 12.5. The lowest BCUT2D eigenvalue weighted by Crippen LogP contribution is -2.28. The highest BCUT2D eigenvalue weighted by atomic mass is 35.5. The Labute approximate surface area is 107 Å². The van der Waals surface area contributed by atoms with E-state index in [1.54, 1.807) is 16.4 Å². The molecule has 1 aliphatic rings. The number of benzene rings is 1. The van der Waals surface area contributed by atoms with E-state index >= 15 is 0 Å². The molecule has 1 aromatic rings. The molecular formula is C12H16ClNO2S. The van der Waals surface area contributed by atoms with E-state index in [1.165, 1.54) is 0 Å². The van der Waals surface area contributed by atoms with Crippen molar-refractivity contribution in [1.82, 2.24) is 4.31 Å². The summed E-state index contributed by atoms with van der Waals surface area (Å²) < 4.78 is 26.4. The maximum absolute atomic E-state index is 12.4. The zero-order valence-electron chi connectivity index (χ0n) is 9.82. The Balaban J connectivity index is 2.46. The lowest BCUT2D eigenvalue weighted by Gasteiger charge is -2.18. The number of hydrogen-bond donors (Lipinski definition) is 0. The molecule has 0 spiro atoms. The molecule has 2 rings (SSSR count). The molecule has 0 unspecified atom stereocenters. The molecule has 0 saturated carbocycles.